The summed E-state index contributed by atoms with van der Waals surface area (Å²) >= 11 is 1.39. The Labute approximate surface area is 127 Å². The topological polar surface area (TPSA) is 49.4 Å². The van der Waals surface area contributed by atoms with Gasteiger partial charge in [-0.1, -0.05) is 20.8 Å². The Bertz CT molecular complexity index is 493. The van der Waals surface area contributed by atoms with Crippen molar-refractivity contribution >= 4 is 21.4 Å². The van der Waals surface area contributed by atoms with Gasteiger partial charge in [-0.05, 0) is 44.5 Å². The van der Waals surface area contributed by atoms with Gasteiger partial charge in [0.1, 0.15) is 4.21 Å². The zero-order valence-corrected chi connectivity index (χ0v) is 14.5. The molecule has 0 amide bonds. The second-order valence-corrected chi connectivity index (χ2v) is 8.21. The van der Waals surface area contributed by atoms with Crippen LogP contribution in [0.2, 0.25) is 0 Å². The van der Waals surface area contributed by atoms with Gasteiger partial charge in [0.05, 0.1) is 0 Å². The van der Waals surface area contributed by atoms with Gasteiger partial charge in [-0.25, -0.2) is 8.42 Å². The second-order valence-electron chi connectivity index (χ2n) is 4.82. The average molecular weight is 319 g/mol. The molecule has 20 heavy (non-hydrogen) atoms. The summed E-state index contributed by atoms with van der Waals surface area (Å²) in [6.07, 6.45) is 2.55. The number of rotatable bonds is 9. The Morgan fingerprint density at radius 1 is 1.25 bits per heavy atom. The molecule has 0 radical (unpaired) electrons. The molecule has 0 unspecified atom stereocenters. The second kappa shape index (κ2) is 8.12. The molecule has 0 spiro atoms. The van der Waals surface area contributed by atoms with Crippen LogP contribution in [0.25, 0.3) is 0 Å². The first kappa shape index (κ1) is 17.6. The Morgan fingerprint density at radius 2 is 1.90 bits per heavy atom. The summed E-state index contributed by atoms with van der Waals surface area (Å²) in [5.74, 6) is 0. The van der Waals surface area contributed by atoms with E-state index in [1.807, 2.05) is 19.9 Å². The van der Waals surface area contributed by atoms with E-state index in [2.05, 4.69) is 12.2 Å². The maximum atomic E-state index is 12.6. The Morgan fingerprint density at radius 3 is 2.45 bits per heavy atom. The highest BCUT2D eigenvalue weighted by atomic mass is 32.2. The largest absolute Gasteiger partial charge is 0.317 e. The third-order valence-corrected chi connectivity index (χ3v) is 7.05. The van der Waals surface area contributed by atoms with E-state index in [9.17, 15) is 8.42 Å². The van der Waals surface area contributed by atoms with Crippen LogP contribution >= 0.6 is 11.3 Å². The van der Waals surface area contributed by atoms with Crippen molar-refractivity contribution in [3.05, 3.63) is 17.0 Å². The number of thiophene rings is 1. The molecule has 0 saturated heterocycles. The van der Waals surface area contributed by atoms with E-state index >= 15 is 0 Å². The third kappa shape index (κ3) is 4.28. The third-order valence-electron chi connectivity index (χ3n) is 3.53. The van der Waals surface area contributed by atoms with Crippen molar-refractivity contribution < 1.29 is 8.42 Å². The van der Waals surface area contributed by atoms with Crippen molar-refractivity contribution in [1.29, 1.82) is 0 Å². The predicted molar refractivity (Wildman–Crippen MR) is 85.9 cm³/mol. The average Bonchev–Trinajstić information content (AvgIpc) is 2.90. The molecule has 6 heteroatoms. The lowest BCUT2D eigenvalue weighted by atomic mass is 10.2. The summed E-state index contributed by atoms with van der Waals surface area (Å²) in [5.41, 5.74) is 0. The van der Waals surface area contributed by atoms with E-state index in [4.69, 9.17) is 0 Å². The molecular weight excluding hydrogens is 292 g/mol. The van der Waals surface area contributed by atoms with Gasteiger partial charge in [0.25, 0.3) is 10.0 Å². The molecule has 0 aliphatic carbocycles. The van der Waals surface area contributed by atoms with E-state index in [-0.39, 0.29) is 6.04 Å². The zero-order valence-electron chi connectivity index (χ0n) is 12.8. The van der Waals surface area contributed by atoms with Gasteiger partial charge >= 0.3 is 0 Å². The monoisotopic (exact) mass is 318 g/mol. The first-order valence-electron chi connectivity index (χ1n) is 7.24. The molecule has 0 aliphatic rings. The lowest BCUT2D eigenvalue weighted by Gasteiger charge is -2.24. The SMILES string of the molecule is CCNCCc1ccc(S(=O)(=O)N(C)C(CC)CC)s1. The van der Waals surface area contributed by atoms with E-state index in [0.29, 0.717) is 4.21 Å². The van der Waals surface area contributed by atoms with Crippen LogP contribution in [0.15, 0.2) is 16.3 Å². The smallest absolute Gasteiger partial charge is 0.252 e. The lowest BCUT2D eigenvalue weighted by Crippen LogP contribution is -2.35. The van der Waals surface area contributed by atoms with Crippen molar-refractivity contribution in [2.45, 2.75) is 50.3 Å². The Balaban J connectivity index is 2.82. The lowest BCUT2D eigenvalue weighted by molar-refractivity contribution is 0.350. The van der Waals surface area contributed by atoms with Crippen molar-refractivity contribution in [2.24, 2.45) is 0 Å². The molecule has 0 aliphatic heterocycles. The summed E-state index contributed by atoms with van der Waals surface area (Å²) in [6.45, 7) is 7.94. The zero-order chi connectivity index (χ0) is 15.2. The summed E-state index contributed by atoms with van der Waals surface area (Å²) < 4.78 is 27.1. The van der Waals surface area contributed by atoms with Crippen LogP contribution in [-0.2, 0) is 16.4 Å². The highest BCUT2D eigenvalue weighted by Gasteiger charge is 2.27. The normalized spacial score (nSPS) is 12.5. The highest BCUT2D eigenvalue weighted by molar-refractivity contribution is 7.91. The molecule has 1 N–H and O–H groups in total. The van der Waals surface area contributed by atoms with Gasteiger partial charge in [-0.15, -0.1) is 11.3 Å². The molecule has 0 saturated carbocycles. The maximum absolute atomic E-state index is 12.6. The number of nitrogens with one attached hydrogen (secondary N) is 1. The van der Waals surface area contributed by atoms with Crippen molar-refractivity contribution in [1.82, 2.24) is 9.62 Å². The van der Waals surface area contributed by atoms with Crippen molar-refractivity contribution in [3.8, 4) is 0 Å². The van der Waals surface area contributed by atoms with Crippen LogP contribution in [0.5, 0.6) is 0 Å². The first-order valence-corrected chi connectivity index (χ1v) is 9.50. The summed E-state index contributed by atoms with van der Waals surface area (Å²) in [4.78, 5) is 1.11. The molecule has 116 valence electrons. The molecule has 0 bridgehead atoms. The number of hydrogen-bond acceptors (Lipinski definition) is 4. The number of likely N-dealkylation sites (N-methyl/N-ethyl adjacent to an activating group) is 1. The van der Waals surface area contributed by atoms with Gasteiger partial charge in [-0.3, -0.25) is 0 Å². The molecule has 0 fully saturated rings. The fourth-order valence-corrected chi connectivity index (χ4v) is 5.20. The maximum Gasteiger partial charge on any atom is 0.252 e. The van der Waals surface area contributed by atoms with Crippen LogP contribution < -0.4 is 5.32 Å². The molecule has 4 nitrogen and oxygen atoms in total. The molecule has 1 heterocycles. The van der Waals surface area contributed by atoms with Gasteiger partial charge in [-0.2, -0.15) is 4.31 Å². The van der Waals surface area contributed by atoms with Crippen LogP contribution in [-0.4, -0.2) is 38.9 Å². The minimum absolute atomic E-state index is 0.0762. The van der Waals surface area contributed by atoms with Gasteiger partial charge < -0.3 is 5.32 Å². The minimum Gasteiger partial charge on any atom is -0.317 e. The quantitative estimate of drug-likeness (QED) is 0.712. The fourth-order valence-electron chi connectivity index (χ4n) is 2.16. The Kier molecular flexibility index (Phi) is 7.15. The van der Waals surface area contributed by atoms with Gasteiger partial charge in [0.15, 0.2) is 0 Å². The number of nitrogens with zero attached hydrogens (tertiary/aromatic N) is 1. The first-order chi connectivity index (χ1) is 9.47. The molecule has 0 aromatic carbocycles. The van der Waals surface area contributed by atoms with Crippen LogP contribution in [0.1, 0.15) is 38.5 Å². The van der Waals surface area contributed by atoms with E-state index in [0.717, 1.165) is 37.2 Å². The van der Waals surface area contributed by atoms with Gasteiger partial charge in [0, 0.05) is 18.0 Å². The minimum atomic E-state index is -3.34. The standard InChI is InChI=1S/C14H26N2O2S2/c1-5-12(6-2)16(4)20(17,18)14-9-8-13(19-14)10-11-15-7-3/h8-9,12,15H,5-7,10-11H2,1-4H3. The number of hydrogen-bond donors (Lipinski definition) is 1. The fraction of sp³-hybridized carbons (Fsp3) is 0.714. The van der Waals surface area contributed by atoms with Crippen LogP contribution in [0.4, 0.5) is 0 Å². The molecular formula is C14H26N2O2S2. The van der Waals surface area contributed by atoms with E-state index in [1.165, 1.54) is 15.6 Å². The van der Waals surface area contributed by atoms with Crippen LogP contribution in [0.3, 0.4) is 0 Å². The Hall–Kier alpha value is -0.430. The number of sulfonamides is 1. The molecule has 1 aromatic rings. The molecule has 0 atom stereocenters. The molecule has 1 aromatic heterocycles. The van der Waals surface area contributed by atoms with Crippen molar-refractivity contribution in [3.63, 3.8) is 0 Å². The van der Waals surface area contributed by atoms with E-state index in [1.54, 1.807) is 13.1 Å². The highest BCUT2D eigenvalue weighted by Crippen LogP contribution is 2.26. The van der Waals surface area contributed by atoms with Crippen molar-refractivity contribution in [2.75, 3.05) is 20.1 Å². The summed E-state index contributed by atoms with van der Waals surface area (Å²) in [7, 11) is -1.66. The van der Waals surface area contributed by atoms with Crippen LogP contribution in [0, 0.1) is 0 Å². The predicted octanol–water partition coefficient (Wildman–Crippen LogP) is 2.71. The van der Waals surface area contributed by atoms with Gasteiger partial charge in [0.2, 0.25) is 0 Å². The summed E-state index contributed by atoms with van der Waals surface area (Å²) in [5, 5.41) is 3.25. The molecule has 1 rings (SSSR count). The summed E-state index contributed by atoms with van der Waals surface area (Å²) in [6, 6.07) is 3.74. The van der Waals surface area contributed by atoms with E-state index < -0.39 is 10.0 Å².